The van der Waals surface area contributed by atoms with Crippen LogP contribution in [0.15, 0.2) is 18.2 Å². The van der Waals surface area contributed by atoms with Gasteiger partial charge in [0.15, 0.2) is 11.5 Å². The highest BCUT2D eigenvalue weighted by Gasteiger charge is 2.20. The number of hydrogen-bond donors (Lipinski definition) is 1. The van der Waals surface area contributed by atoms with Crippen LogP contribution in [-0.4, -0.2) is 39.4 Å². The van der Waals surface area contributed by atoms with E-state index in [0.717, 1.165) is 31.0 Å². The van der Waals surface area contributed by atoms with E-state index in [2.05, 4.69) is 36.2 Å². The molecule has 0 saturated carbocycles. The SMILES string of the molecule is COc1ccc(N2CCC(C)NCC2C)cc1OC. The molecule has 0 bridgehead atoms. The lowest BCUT2D eigenvalue weighted by molar-refractivity contribution is 0.355. The summed E-state index contributed by atoms with van der Waals surface area (Å²) in [5, 5.41) is 3.55. The van der Waals surface area contributed by atoms with Gasteiger partial charge in [-0.2, -0.15) is 0 Å². The molecule has 1 fully saturated rings. The molecular formula is C15H24N2O2. The van der Waals surface area contributed by atoms with Crippen LogP contribution >= 0.6 is 0 Å². The summed E-state index contributed by atoms with van der Waals surface area (Å²) >= 11 is 0. The third-order valence-corrected chi connectivity index (χ3v) is 3.80. The van der Waals surface area contributed by atoms with Crippen molar-refractivity contribution in [2.45, 2.75) is 32.4 Å². The van der Waals surface area contributed by atoms with Crippen molar-refractivity contribution in [1.29, 1.82) is 0 Å². The average molecular weight is 264 g/mol. The first-order valence-electron chi connectivity index (χ1n) is 6.87. The Balaban J connectivity index is 2.24. The normalized spacial score (nSPS) is 23.9. The Labute approximate surface area is 115 Å². The number of rotatable bonds is 3. The van der Waals surface area contributed by atoms with Gasteiger partial charge in [0.05, 0.1) is 14.2 Å². The molecule has 0 radical (unpaired) electrons. The molecule has 1 aromatic rings. The molecule has 0 aromatic heterocycles. The lowest BCUT2D eigenvalue weighted by Crippen LogP contribution is -2.37. The van der Waals surface area contributed by atoms with Gasteiger partial charge in [0.2, 0.25) is 0 Å². The highest BCUT2D eigenvalue weighted by molar-refractivity contribution is 5.57. The van der Waals surface area contributed by atoms with Crippen LogP contribution < -0.4 is 19.7 Å². The van der Waals surface area contributed by atoms with Crippen molar-refractivity contribution in [3.8, 4) is 11.5 Å². The summed E-state index contributed by atoms with van der Waals surface area (Å²) in [5.74, 6) is 1.57. The number of nitrogens with zero attached hydrogens (tertiary/aromatic N) is 1. The Morgan fingerprint density at radius 3 is 2.58 bits per heavy atom. The standard InChI is InChI=1S/C15H24N2O2/c1-11-7-8-17(12(2)10-16-11)13-5-6-14(18-3)15(9-13)19-4/h5-6,9,11-12,16H,7-8,10H2,1-4H3. The molecule has 4 nitrogen and oxygen atoms in total. The van der Waals surface area contributed by atoms with Crippen LogP contribution in [0.2, 0.25) is 0 Å². The van der Waals surface area contributed by atoms with Crippen molar-refractivity contribution in [1.82, 2.24) is 5.32 Å². The Kier molecular flexibility index (Phi) is 4.53. The fourth-order valence-electron chi connectivity index (χ4n) is 2.52. The zero-order chi connectivity index (χ0) is 13.8. The number of nitrogens with one attached hydrogen (secondary N) is 1. The molecule has 2 rings (SSSR count). The predicted molar refractivity (Wildman–Crippen MR) is 78.4 cm³/mol. The summed E-state index contributed by atoms with van der Waals surface area (Å²) in [6.07, 6.45) is 1.15. The highest BCUT2D eigenvalue weighted by atomic mass is 16.5. The van der Waals surface area contributed by atoms with Gasteiger partial charge in [-0.25, -0.2) is 0 Å². The summed E-state index contributed by atoms with van der Waals surface area (Å²) < 4.78 is 10.7. The fraction of sp³-hybridized carbons (Fsp3) is 0.600. The number of benzene rings is 1. The lowest BCUT2D eigenvalue weighted by Gasteiger charge is -2.29. The van der Waals surface area contributed by atoms with E-state index in [9.17, 15) is 0 Å². The van der Waals surface area contributed by atoms with Crippen molar-refractivity contribution in [3.05, 3.63) is 18.2 Å². The van der Waals surface area contributed by atoms with Crippen LogP contribution in [0.5, 0.6) is 11.5 Å². The van der Waals surface area contributed by atoms with Crippen LogP contribution in [0.1, 0.15) is 20.3 Å². The number of anilines is 1. The summed E-state index contributed by atoms with van der Waals surface area (Å²) in [6.45, 7) is 6.56. The molecule has 1 heterocycles. The first-order valence-corrected chi connectivity index (χ1v) is 6.87. The van der Waals surface area contributed by atoms with Crippen LogP contribution in [0.3, 0.4) is 0 Å². The first kappa shape index (κ1) is 14.0. The molecule has 2 unspecified atom stereocenters. The molecule has 4 heteroatoms. The van der Waals surface area contributed by atoms with Crippen molar-refractivity contribution < 1.29 is 9.47 Å². The molecule has 1 N–H and O–H groups in total. The van der Waals surface area contributed by atoms with E-state index < -0.39 is 0 Å². The Hall–Kier alpha value is -1.42. The molecule has 1 aromatic carbocycles. The van der Waals surface area contributed by atoms with Gasteiger partial charge >= 0.3 is 0 Å². The fourth-order valence-corrected chi connectivity index (χ4v) is 2.52. The van der Waals surface area contributed by atoms with E-state index in [1.54, 1.807) is 14.2 Å². The summed E-state index contributed by atoms with van der Waals surface area (Å²) in [5.41, 5.74) is 1.20. The molecule has 106 valence electrons. The zero-order valence-electron chi connectivity index (χ0n) is 12.3. The van der Waals surface area contributed by atoms with Gasteiger partial charge in [-0.1, -0.05) is 0 Å². The van der Waals surface area contributed by atoms with Crippen molar-refractivity contribution >= 4 is 5.69 Å². The average Bonchev–Trinajstić information content (AvgIpc) is 2.60. The van der Waals surface area contributed by atoms with Crippen LogP contribution in [-0.2, 0) is 0 Å². The number of ether oxygens (including phenoxy) is 2. The second kappa shape index (κ2) is 6.15. The summed E-state index contributed by atoms with van der Waals surface area (Å²) in [6, 6.07) is 7.19. The Morgan fingerprint density at radius 1 is 1.16 bits per heavy atom. The lowest BCUT2D eigenvalue weighted by atomic mass is 10.2. The highest BCUT2D eigenvalue weighted by Crippen LogP contribution is 2.32. The second-order valence-corrected chi connectivity index (χ2v) is 5.18. The van der Waals surface area contributed by atoms with E-state index >= 15 is 0 Å². The first-order chi connectivity index (χ1) is 9.15. The van der Waals surface area contributed by atoms with Gasteiger partial charge in [-0.15, -0.1) is 0 Å². The maximum absolute atomic E-state index is 5.39. The molecule has 0 spiro atoms. The smallest absolute Gasteiger partial charge is 0.162 e. The van der Waals surface area contributed by atoms with Crippen LogP contribution in [0.4, 0.5) is 5.69 Å². The van der Waals surface area contributed by atoms with E-state index in [4.69, 9.17) is 9.47 Å². The van der Waals surface area contributed by atoms with Gasteiger partial charge < -0.3 is 19.7 Å². The van der Waals surface area contributed by atoms with Crippen LogP contribution in [0.25, 0.3) is 0 Å². The molecular weight excluding hydrogens is 240 g/mol. The van der Waals surface area contributed by atoms with Gasteiger partial charge in [0.25, 0.3) is 0 Å². The minimum atomic E-state index is 0.475. The third-order valence-electron chi connectivity index (χ3n) is 3.80. The van der Waals surface area contributed by atoms with Gasteiger partial charge in [0, 0.05) is 36.9 Å². The minimum Gasteiger partial charge on any atom is -0.493 e. The van der Waals surface area contributed by atoms with Gasteiger partial charge in [0.1, 0.15) is 0 Å². The molecule has 19 heavy (non-hydrogen) atoms. The van der Waals surface area contributed by atoms with E-state index in [1.807, 2.05) is 6.07 Å². The van der Waals surface area contributed by atoms with E-state index in [-0.39, 0.29) is 0 Å². The van der Waals surface area contributed by atoms with Crippen molar-refractivity contribution in [2.75, 3.05) is 32.2 Å². The molecule has 2 atom stereocenters. The summed E-state index contributed by atoms with van der Waals surface area (Å²) in [7, 11) is 3.34. The third kappa shape index (κ3) is 3.13. The Bertz CT molecular complexity index is 423. The molecule has 0 aliphatic carbocycles. The largest absolute Gasteiger partial charge is 0.493 e. The van der Waals surface area contributed by atoms with Gasteiger partial charge in [-0.05, 0) is 32.4 Å². The molecule has 1 aliphatic heterocycles. The van der Waals surface area contributed by atoms with Crippen molar-refractivity contribution in [2.24, 2.45) is 0 Å². The van der Waals surface area contributed by atoms with E-state index in [0.29, 0.717) is 12.1 Å². The Morgan fingerprint density at radius 2 is 1.89 bits per heavy atom. The number of methoxy groups -OCH3 is 2. The summed E-state index contributed by atoms with van der Waals surface area (Å²) in [4.78, 5) is 2.43. The maximum atomic E-state index is 5.39. The number of hydrogen-bond acceptors (Lipinski definition) is 4. The van der Waals surface area contributed by atoms with E-state index in [1.165, 1.54) is 5.69 Å². The minimum absolute atomic E-state index is 0.475. The van der Waals surface area contributed by atoms with Gasteiger partial charge in [-0.3, -0.25) is 0 Å². The zero-order valence-corrected chi connectivity index (χ0v) is 12.3. The van der Waals surface area contributed by atoms with Crippen molar-refractivity contribution in [3.63, 3.8) is 0 Å². The molecule has 1 aliphatic rings. The quantitative estimate of drug-likeness (QED) is 0.908. The predicted octanol–water partition coefficient (Wildman–Crippen LogP) is 2.28. The monoisotopic (exact) mass is 264 g/mol. The molecule has 1 saturated heterocycles. The maximum Gasteiger partial charge on any atom is 0.162 e. The topological polar surface area (TPSA) is 33.7 Å². The van der Waals surface area contributed by atoms with Crippen LogP contribution in [0, 0.1) is 0 Å². The molecule has 0 amide bonds. The second-order valence-electron chi connectivity index (χ2n) is 5.18.